The van der Waals surface area contributed by atoms with Crippen molar-refractivity contribution < 1.29 is 19.1 Å². The maximum Gasteiger partial charge on any atom is 0.345 e. The molecule has 2 aromatic carbocycles. The monoisotopic (exact) mass is 531 g/mol. The zero-order valence-electron chi connectivity index (χ0n) is 19.3. The number of carbonyl (C=O) groups is 2. The third-order valence-electron chi connectivity index (χ3n) is 5.24. The summed E-state index contributed by atoms with van der Waals surface area (Å²) in [6.45, 7) is 2.11. The van der Waals surface area contributed by atoms with Crippen LogP contribution >= 0.6 is 23.4 Å². The van der Waals surface area contributed by atoms with Gasteiger partial charge in [-0.3, -0.25) is 15.2 Å². The van der Waals surface area contributed by atoms with Crippen molar-refractivity contribution in [3.05, 3.63) is 94.3 Å². The second-order valence-corrected chi connectivity index (χ2v) is 9.04. The smallest absolute Gasteiger partial charge is 0.345 e. The number of hydrogen-bond donors (Lipinski definition) is 1. The van der Waals surface area contributed by atoms with Gasteiger partial charge < -0.3 is 9.47 Å². The molecular weight excluding hydrogens is 514 g/mol. The standard InChI is InChI=1S/C26H18ClN5O4S/c1-2-35-21-13-15(9-10-20(21)36-25(34)17-7-3-4-8-19(17)27)12-18-22(28)32-26(30-23(18)33)37-24(31-32)16-6-5-11-29-14-16/h3-14,28H,2H2,1H3/b18-12-,28-22?. The Labute approximate surface area is 221 Å². The van der Waals surface area contributed by atoms with Crippen molar-refractivity contribution in [3.63, 3.8) is 0 Å². The minimum absolute atomic E-state index is 0.0591. The van der Waals surface area contributed by atoms with Crippen LogP contribution in [0.3, 0.4) is 0 Å². The van der Waals surface area contributed by atoms with Crippen LogP contribution in [-0.2, 0) is 4.79 Å². The number of carbonyl (C=O) groups excluding carboxylic acids is 2. The molecule has 2 aliphatic rings. The van der Waals surface area contributed by atoms with Gasteiger partial charge in [0.15, 0.2) is 17.3 Å². The molecule has 37 heavy (non-hydrogen) atoms. The lowest BCUT2D eigenvalue weighted by molar-refractivity contribution is -0.114. The van der Waals surface area contributed by atoms with Crippen molar-refractivity contribution in [1.29, 1.82) is 5.41 Å². The van der Waals surface area contributed by atoms with E-state index in [9.17, 15) is 9.59 Å². The summed E-state index contributed by atoms with van der Waals surface area (Å²) in [4.78, 5) is 33.6. The number of fused-ring (bicyclic) bond motifs is 1. The summed E-state index contributed by atoms with van der Waals surface area (Å²) >= 11 is 7.31. The van der Waals surface area contributed by atoms with Crippen LogP contribution in [0.25, 0.3) is 6.08 Å². The molecule has 3 aromatic rings. The maximum atomic E-state index is 12.8. The van der Waals surface area contributed by atoms with Crippen LogP contribution in [0.4, 0.5) is 0 Å². The molecule has 1 amide bonds. The molecule has 0 fully saturated rings. The minimum atomic E-state index is -0.627. The molecule has 0 unspecified atom stereocenters. The molecule has 0 radical (unpaired) electrons. The Bertz CT molecular complexity index is 1520. The fourth-order valence-corrected chi connectivity index (χ4v) is 4.61. The average molecular weight is 532 g/mol. The Hall–Kier alpha value is -4.28. The molecule has 1 aromatic heterocycles. The van der Waals surface area contributed by atoms with Crippen molar-refractivity contribution in [2.45, 2.75) is 6.92 Å². The van der Waals surface area contributed by atoms with Crippen molar-refractivity contribution >= 4 is 57.4 Å². The summed E-state index contributed by atoms with van der Waals surface area (Å²) in [6, 6.07) is 15.0. The fourth-order valence-electron chi connectivity index (χ4n) is 3.51. The molecule has 0 spiro atoms. The van der Waals surface area contributed by atoms with E-state index in [-0.39, 0.29) is 27.7 Å². The highest BCUT2D eigenvalue weighted by Gasteiger charge is 2.36. The lowest BCUT2D eigenvalue weighted by atomic mass is 10.1. The Morgan fingerprint density at radius 1 is 1.16 bits per heavy atom. The van der Waals surface area contributed by atoms with Gasteiger partial charge in [-0.1, -0.05) is 29.8 Å². The van der Waals surface area contributed by atoms with Gasteiger partial charge in [0.25, 0.3) is 5.91 Å². The Kier molecular flexibility index (Phi) is 6.85. The van der Waals surface area contributed by atoms with E-state index in [1.807, 2.05) is 6.07 Å². The Morgan fingerprint density at radius 2 is 2.00 bits per heavy atom. The van der Waals surface area contributed by atoms with E-state index in [0.717, 1.165) is 5.56 Å². The van der Waals surface area contributed by atoms with Gasteiger partial charge >= 0.3 is 5.97 Å². The minimum Gasteiger partial charge on any atom is -0.490 e. The molecule has 0 saturated heterocycles. The normalized spacial score (nSPS) is 15.8. The number of esters is 1. The quantitative estimate of drug-likeness (QED) is 0.269. The van der Waals surface area contributed by atoms with Gasteiger partial charge in [0.1, 0.15) is 5.04 Å². The number of halogens is 1. The van der Waals surface area contributed by atoms with Crippen LogP contribution in [0.15, 0.2) is 82.7 Å². The van der Waals surface area contributed by atoms with Crippen LogP contribution in [0, 0.1) is 5.41 Å². The summed E-state index contributed by atoms with van der Waals surface area (Å²) in [5.74, 6) is -0.796. The number of ether oxygens (including phenoxy) is 2. The summed E-state index contributed by atoms with van der Waals surface area (Å²) < 4.78 is 11.2. The summed E-state index contributed by atoms with van der Waals surface area (Å²) in [5, 5.41) is 15.5. The van der Waals surface area contributed by atoms with Crippen molar-refractivity contribution in [1.82, 2.24) is 9.99 Å². The molecule has 2 aliphatic heterocycles. The van der Waals surface area contributed by atoms with E-state index in [4.69, 9.17) is 26.5 Å². The van der Waals surface area contributed by atoms with Gasteiger partial charge in [-0.2, -0.15) is 15.1 Å². The number of aliphatic imine (C=N–C) groups is 1. The zero-order valence-corrected chi connectivity index (χ0v) is 20.9. The van der Waals surface area contributed by atoms with E-state index in [1.165, 1.54) is 22.8 Å². The number of nitrogens with one attached hydrogen (secondary N) is 1. The van der Waals surface area contributed by atoms with Crippen LogP contribution < -0.4 is 9.47 Å². The van der Waals surface area contributed by atoms with Gasteiger partial charge in [-0.25, -0.2) is 4.79 Å². The number of hydrazone groups is 1. The number of nitrogens with zero attached hydrogens (tertiary/aromatic N) is 4. The van der Waals surface area contributed by atoms with Crippen LogP contribution in [-0.4, -0.2) is 44.5 Å². The number of amides is 1. The second kappa shape index (κ2) is 10.4. The van der Waals surface area contributed by atoms with Crippen LogP contribution in [0.5, 0.6) is 11.5 Å². The second-order valence-electron chi connectivity index (χ2n) is 7.68. The molecule has 1 N–H and O–H groups in total. The summed E-state index contributed by atoms with van der Waals surface area (Å²) in [7, 11) is 0. The van der Waals surface area contributed by atoms with Crippen molar-refractivity contribution in [2.75, 3.05) is 6.61 Å². The Balaban J connectivity index is 1.42. The van der Waals surface area contributed by atoms with Gasteiger partial charge in [0.05, 0.1) is 22.8 Å². The third-order valence-corrected chi connectivity index (χ3v) is 6.53. The first-order chi connectivity index (χ1) is 17.9. The summed E-state index contributed by atoms with van der Waals surface area (Å²) in [5.41, 5.74) is 1.60. The Morgan fingerprint density at radius 3 is 2.76 bits per heavy atom. The third kappa shape index (κ3) is 5.02. The molecule has 11 heteroatoms. The number of rotatable bonds is 6. The van der Waals surface area contributed by atoms with Crippen LogP contribution in [0.2, 0.25) is 5.02 Å². The van der Waals surface area contributed by atoms with Crippen LogP contribution in [0.1, 0.15) is 28.4 Å². The molecule has 9 nitrogen and oxygen atoms in total. The van der Waals surface area contributed by atoms with E-state index in [2.05, 4.69) is 15.1 Å². The first kappa shape index (κ1) is 24.4. The molecule has 0 bridgehead atoms. The number of thioether (sulfide) groups is 1. The molecule has 0 atom stereocenters. The molecule has 5 rings (SSSR count). The van der Waals surface area contributed by atoms with E-state index < -0.39 is 11.9 Å². The lowest BCUT2D eigenvalue weighted by Crippen LogP contribution is -2.35. The number of amidine groups is 2. The SMILES string of the molecule is CCOc1cc(/C=C2/C(=N)N3N=C(c4cccnc4)SC3=NC2=O)ccc1OC(=O)c1ccccc1Cl. The lowest BCUT2D eigenvalue weighted by Gasteiger charge is -2.20. The largest absolute Gasteiger partial charge is 0.490 e. The maximum absolute atomic E-state index is 12.8. The predicted molar refractivity (Wildman–Crippen MR) is 142 cm³/mol. The number of hydrogen-bond acceptors (Lipinski definition) is 8. The molecule has 184 valence electrons. The predicted octanol–water partition coefficient (Wildman–Crippen LogP) is 5.02. The van der Waals surface area contributed by atoms with Gasteiger partial charge in [0.2, 0.25) is 5.17 Å². The number of aromatic nitrogens is 1. The van der Waals surface area contributed by atoms with Gasteiger partial charge in [-0.05, 0) is 66.7 Å². The average Bonchev–Trinajstić information content (AvgIpc) is 3.33. The highest BCUT2D eigenvalue weighted by molar-refractivity contribution is 8.27. The van der Waals surface area contributed by atoms with E-state index >= 15 is 0 Å². The number of pyridine rings is 1. The first-order valence-corrected chi connectivity index (χ1v) is 12.3. The van der Waals surface area contributed by atoms with Crippen molar-refractivity contribution in [3.8, 4) is 11.5 Å². The van der Waals surface area contributed by atoms with Crippen molar-refractivity contribution in [2.24, 2.45) is 10.1 Å². The van der Waals surface area contributed by atoms with E-state index in [0.29, 0.717) is 28.1 Å². The molecular formula is C26H18ClN5O4S. The highest BCUT2D eigenvalue weighted by Crippen LogP contribution is 2.33. The molecule has 0 saturated carbocycles. The zero-order chi connectivity index (χ0) is 25.9. The molecule has 0 aliphatic carbocycles. The fraction of sp³-hybridized carbons (Fsp3) is 0.0769. The van der Waals surface area contributed by atoms with E-state index in [1.54, 1.807) is 67.8 Å². The number of benzene rings is 2. The summed E-state index contributed by atoms with van der Waals surface area (Å²) in [6.07, 6.45) is 4.83. The van der Waals surface area contributed by atoms with Gasteiger partial charge in [0, 0.05) is 18.0 Å². The first-order valence-electron chi connectivity index (χ1n) is 11.1. The van der Waals surface area contributed by atoms with Gasteiger partial charge in [-0.15, -0.1) is 0 Å². The topological polar surface area (TPSA) is 117 Å². The molecule has 3 heterocycles. The highest BCUT2D eigenvalue weighted by atomic mass is 35.5.